The van der Waals surface area contributed by atoms with E-state index in [2.05, 4.69) is 15.3 Å². The van der Waals surface area contributed by atoms with E-state index < -0.39 is 17.9 Å². The number of hydrogen-bond donors (Lipinski definition) is 2. The second kappa shape index (κ2) is 5.84. The Kier molecular flexibility index (Phi) is 3.63. The summed E-state index contributed by atoms with van der Waals surface area (Å²) in [5.41, 5.74) is 1.44. The van der Waals surface area contributed by atoms with Gasteiger partial charge in [-0.3, -0.25) is 4.79 Å². The van der Waals surface area contributed by atoms with Crippen LogP contribution in [0, 0.1) is 11.7 Å². The summed E-state index contributed by atoms with van der Waals surface area (Å²) in [6.07, 6.45) is 0.839. The molecule has 5 nitrogen and oxygen atoms in total. The van der Waals surface area contributed by atoms with Crippen LogP contribution in [0.4, 0.5) is 14.6 Å². The monoisotopic (exact) mass is 343 g/mol. The van der Waals surface area contributed by atoms with Crippen molar-refractivity contribution in [2.45, 2.75) is 12.6 Å². The number of nitrogens with one attached hydrogen (secondary N) is 2. The number of ether oxygens (including phenoxy) is 1. The molecule has 0 unspecified atom stereocenters. The topological polar surface area (TPSA) is 67.0 Å². The van der Waals surface area contributed by atoms with Crippen LogP contribution < -0.4 is 10.1 Å². The lowest BCUT2D eigenvalue weighted by Crippen LogP contribution is -2.15. The lowest BCUT2D eigenvalue weighted by Gasteiger charge is -2.09. The highest BCUT2D eigenvalue weighted by Gasteiger charge is 2.43. The van der Waals surface area contributed by atoms with Gasteiger partial charge < -0.3 is 15.0 Å². The minimum Gasteiger partial charge on any atom is -0.496 e. The third-order valence-corrected chi connectivity index (χ3v) is 4.30. The number of pyridine rings is 1. The second-order valence-electron chi connectivity index (χ2n) is 5.96. The maximum absolute atomic E-state index is 14.3. The van der Waals surface area contributed by atoms with Gasteiger partial charge in [0, 0.05) is 17.1 Å². The van der Waals surface area contributed by atoms with Crippen molar-refractivity contribution in [1.82, 2.24) is 9.97 Å². The first-order valence-electron chi connectivity index (χ1n) is 7.84. The van der Waals surface area contributed by atoms with E-state index in [1.807, 2.05) is 0 Å². The number of benzene rings is 1. The average molecular weight is 343 g/mol. The molecule has 128 valence electrons. The highest BCUT2D eigenvalue weighted by Crippen LogP contribution is 2.37. The Balaban J connectivity index is 1.70. The first-order valence-corrected chi connectivity index (χ1v) is 7.84. The van der Waals surface area contributed by atoms with E-state index in [1.165, 1.54) is 13.2 Å². The van der Waals surface area contributed by atoms with Gasteiger partial charge in [-0.25, -0.2) is 13.8 Å². The van der Waals surface area contributed by atoms with Crippen molar-refractivity contribution in [3.63, 3.8) is 0 Å². The van der Waals surface area contributed by atoms with Gasteiger partial charge in [0.15, 0.2) is 0 Å². The summed E-state index contributed by atoms with van der Waals surface area (Å²) >= 11 is 0. The van der Waals surface area contributed by atoms with Crippen LogP contribution in [0.15, 0.2) is 36.5 Å². The van der Waals surface area contributed by atoms with Gasteiger partial charge in [0.2, 0.25) is 5.91 Å². The van der Waals surface area contributed by atoms with Crippen molar-refractivity contribution in [2.24, 2.45) is 5.92 Å². The van der Waals surface area contributed by atoms with Gasteiger partial charge in [-0.1, -0.05) is 6.07 Å². The molecule has 1 aliphatic carbocycles. The third kappa shape index (κ3) is 2.71. The number of fused-ring (bicyclic) bond motifs is 1. The number of hydrogen-bond acceptors (Lipinski definition) is 3. The van der Waals surface area contributed by atoms with E-state index in [0.717, 1.165) is 0 Å². The molecule has 0 saturated heterocycles. The maximum atomic E-state index is 14.3. The number of aromatic amines is 1. The Hall–Kier alpha value is -2.96. The lowest BCUT2D eigenvalue weighted by atomic mass is 10.0. The summed E-state index contributed by atoms with van der Waals surface area (Å²) in [6, 6.07) is 7.97. The van der Waals surface area contributed by atoms with Crippen molar-refractivity contribution < 1.29 is 18.3 Å². The number of anilines is 1. The zero-order chi connectivity index (χ0) is 17.6. The predicted molar refractivity (Wildman–Crippen MR) is 89.7 cm³/mol. The zero-order valence-corrected chi connectivity index (χ0v) is 13.3. The molecule has 2 aromatic heterocycles. The number of halogens is 2. The van der Waals surface area contributed by atoms with E-state index in [1.54, 1.807) is 30.5 Å². The Morgan fingerprint density at radius 1 is 1.36 bits per heavy atom. The van der Waals surface area contributed by atoms with E-state index in [4.69, 9.17) is 4.74 Å². The van der Waals surface area contributed by atoms with E-state index in [9.17, 15) is 13.6 Å². The molecular formula is C18H15F2N3O2. The highest BCUT2D eigenvalue weighted by molar-refractivity contribution is 5.98. The van der Waals surface area contributed by atoms with Gasteiger partial charge in [0.25, 0.3) is 0 Å². The van der Waals surface area contributed by atoms with Crippen LogP contribution in [-0.4, -0.2) is 29.2 Å². The Morgan fingerprint density at radius 3 is 2.88 bits per heavy atom. The fourth-order valence-corrected chi connectivity index (χ4v) is 2.87. The SMILES string of the molecule is COc1cccc(F)c1-c1c[nH]c2nc(NC(=O)[C@H]3C[C@H]3F)ccc12. The molecule has 7 heteroatoms. The number of aromatic nitrogens is 2. The number of amides is 1. The molecule has 0 spiro atoms. The zero-order valence-electron chi connectivity index (χ0n) is 13.3. The van der Waals surface area contributed by atoms with Crippen LogP contribution >= 0.6 is 0 Å². The van der Waals surface area contributed by atoms with Crippen LogP contribution in [0.1, 0.15) is 6.42 Å². The van der Waals surface area contributed by atoms with Crippen LogP contribution in [0.2, 0.25) is 0 Å². The van der Waals surface area contributed by atoms with Crippen LogP contribution in [-0.2, 0) is 4.79 Å². The molecule has 0 aliphatic heterocycles. The summed E-state index contributed by atoms with van der Waals surface area (Å²) in [5.74, 6) is -0.617. The summed E-state index contributed by atoms with van der Waals surface area (Å²) in [4.78, 5) is 19.1. The molecule has 0 bridgehead atoms. The molecule has 2 N–H and O–H groups in total. The minimum atomic E-state index is -1.06. The minimum absolute atomic E-state index is 0.258. The average Bonchev–Trinajstić information content (AvgIpc) is 3.20. The third-order valence-electron chi connectivity index (χ3n) is 4.30. The van der Waals surface area contributed by atoms with Gasteiger partial charge in [0.1, 0.15) is 29.2 Å². The van der Waals surface area contributed by atoms with Crippen molar-refractivity contribution in [3.8, 4) is 16.9 Å². The molecule has 1 saturated carbocycles. The number of carbonyl (C=O) groups excluding carboxylic acids is 1. The molecule has 1 aliphatic rings. The molecule has 4 rings (SSSR count). The standard InChI is InChI=1S/C18H15F2N3O2/c1-25-14-4-2-3-12(19)16(14)11-8-21-17-9(11)5-6-15(22-17)23-18(24)10-7-13(10)20/h2-6,8,10,13H,7H2,1H3,(H2,21,22,23,24)/t10-,13+/m0/s1. The summed E-state index contributed by atoms with van der Waals surface area (Å²) in [5, 5.41) is 3.29. The molecular weight excluding hydrogens is 328 g/mol. The number of rotatable bonds is 4. The molecule has 1 amide bonds. The largest absolute Gasteiger partial charge is 0.496 e. The molecule has 25 heavy (non-hydrogen) atoms. The summed E-state index contributed by atoms with van der Waals surface area (Å²) < 4.78 is 32.5. The van der Waals surface area contributed by atoms with E-state index in [-0.39, 0.29) is 12.3 Å². The second-order valence-corrected chi connectivity index (χ2v) is 5.96. The first kappa shape index (κ1) is 15.6. The molecule has 1 aromatic carbocycles. The Labute approximate surface area is 142 Å². The van der Waals surface area contributed by atoms with Crippen molar-refractivity contribution in [3.05, 3.63) is 42.3 Å². The lowest BCUT2D eigenvalue weighted by molar-refractivity contribution is -0.117. The summed E-state index contributed by atoms with van der Waals surface area (Å²) in [7, 11) is 1.48. The highest BCUT2D eigenvalue weighted by atomic mass is 19.1. The van der Waals surface area contributed by atoms with E-state index >= 15 is 0 Å². The number of alkyl halides is 1. The fraction of sp³-hybridized carbons (Fsp3) is 0.222. The van der Waals surface area contributed by atoms with Crippen molar-refractivity contribution in [2.75, 3.05) is 12.4 Å². The Bertz CT molecular complexity index is 970. The fourth-order valence-electron chi connectivity index (χ4n) is 2.87. The number of carbonyl (C=O) groups is 1. The van der Waals surface area contributed by atoms with Crippen molar-refractivity contribution >= 4 is 22.8 Å². The number of nitrogens with zero attached hydrogens (tertiary/aromatic N) is 1. The quantitative estimate of drug-likeness (QED) is 0.759. The number of methoxy groups -OCH3 is 1. The van der Waals surface area contributed by atoms with Crippen LogP contribution in [0.3, 0.4) is 0 Å². The van der Waals surface area contributed by atoms with Crippen LogP contribution in [0.5, 0.6) is 5.75 Å². The van der Waals surface area contributed by atoms with Gasteiger partial charge in [-0.15, -0.1) is 0 Å². The first-order chi connectivity index (χ1) is 12.1. The molecule has 2 atom stereocenters. The van der Waals surface area contributed by atoms with Crippen LogP contribution in [0.25, 0.3) is 22.2 Å². The van der Waals surface area contributed by atoms with Gasteiger partial charge in [-0.2, -0.15) is 0 Å². The molecule has 3 aromatic rings. The van der Waals surface area contributed by atoms with Crippen molar-refractivity contribution in [1.29, 1.82) is 0 Å². The van der Waals surface area contributed by atoms with Gasteiger partial charge in [0.05, 0.1) is 18.6 Å². The van der Waals surface area contributed by atoms with Gasteiger partial charge >= 0.3 is 0 Å². The predicted octanol–water partition coefficient (Wildman–Crippen LogP) is 3.67. The molecule has 0 radical (unpaired) electrons. The smallest absolute Gasteiger partial charge is 0.231 e. The molecule has 2 heterocycles. The Morgan fingerprint density at radius 2 is 2.16 bits per heavy atom. The summed E-state index contributed by atoms with van der Waals surface area (Å²) in [6.45, 7) is 0. The van der Waals surface area contributed by atoms with E-state index in [0.29, 0.717) is 33.7 Å². The normalized spacial score (nSPS) is 19.0. The maximum Gasteiger partial charge on any atom is 0.231 e. The molecule has 1 fully saturated rings. The number of H-pyrrole nitrogens is 1. The van der Waals surface area contributed by atoms with Gasteiger partial charge in [-0.05, 0) is 30.7 Å².